The number of sulfonamides is 1. The molecule has 0 bridgehead atoms. The lowest BCUT2D eigenvalue weighted by atomic mass is 9.85. The number of nitrogens with zero attached hydrogens (tertiary/aromatic N) is 2. The van der Waals surface area contributed by atoms with Crippen LogP contribution >= 0.6 is 0 Å². The first-order chi connectivity index (χ1) is 25.9. The van der Waals surface area contributed by atoms with Crippen LogP contribution in [0.1, 0.15) is 83.0 Å². The normalized spacial score (nSPS) is 24.9. The molecule has 55 heavy (non-hydrogen) atoms. The Kier molecular flexibility index (Phi) is 9.75. The Bertz CT molecular complexity index is 2150. The summed E-state index contributed by atoms with van der Waals surface area (Å²) in [5.74, 6) is -2.62. The van der Waals surface area contributed by atoms with Gasteiger partial charge < -0.3 is 34.9 Å². The average Bonchev–Trinajstić information content (AvgIpc) is 4.07. The van der Waals surface area contributed by atoms with Gasteiger partial charge in [0.25, 0.3) is 11.8 Å². The Morgan fingerprint density at radius 1 is 1.07 bits per heavy atom. The highest BCUT2D eigenvalue weighted by molar-refractivity contribution is 7.91. The molecule has 17 heteroatoms. The number of pyridine rings is 1. The second kappa shape index (κ2) is 14.0. The van der Waals surface area contributed by atoms with Gasteiger partial charge in [0.1, 0.15) is 23.2 Å². The summed E-state index contributed by atoms with van der Waals surface area (Å²) in [6.07, 6.45) is 5.94. The molecular formula is C38H48N6O10S. The summed E-state index contributed by atoms with van der Waals surface area (Å²) in [6, 6.07) is 0.124. The van der Waals surface area contributed by atoms with Crippen LogP contribution in [0.25, 0.3) is 10.9 Å². The van der Waals surface area contributed by atoms with Crippen molar-refractivity contribution in [2.24, 2.45) is 17.3 Å². The maximum absolute atomic E-state index is 14.5. The average molecular weight is 781 g/mol. The van der Waals surface area contributed by atoms with Gasteiger partial charge in [0.05, 0.1) is 16.2 Å². The summed E-state index contributed by atoms with van der Waals surface area (Å²) in [5.41, 5.74) is -2.53. The number of ether oxygens (including phenoxy) is 2. The van der Waals surface area contributed by atoms with E-state index in [2.05, 4.69) is 27.3 Å². The van der Waals surface area contributed by atoms with Crippen molar-refractivity contribution < 1.29 is 41.9 Å². The molecule has 5 atom stereocenters. The Morgan fingerprint density at radius 3 is 2.36 bits per heavy atom. The molecular weight excluding hydrogens is 733 g/mol. The van der Waals surface area contributed by atoms with Crippen LogP contribution in [-0.4, -0.2) is 89.7 Å². The van der Waals surface area contributed by atoms with Gasteiger partial charge in [-0.25, -0.2) is 8.42 Å². The lowest BCUT2D eigenvalue weighted by molar-refractivity contribution is -0.144. The molecule has 3 saturated carbocycles. The van der Waals surface area contributed by atoms with Gasteiger partial charge in [0, 0.05) is 43.7 Å². The van der Waals surface area contributed by atoms with Crippen LogP contribution in [0.5, 0.6) is 11.5 Å². The van der Waals surface area contributed by atoms with Crippen molar-refractivity contribution in [1.82, 2.24) is 30.1 Å². The van der Waals surface area contributed by atoms with E-state index in [1.807, 2.05) is 6.92 Å². The highest BCUT2D eigenvalue weighted by Crippen LogP contribution is 2.45. The van der Waals surface area contributed by atoms with Crippen LogP contribution in [-0.2, 0) is 35.7 Å². The quantitative estimate of drug-likeness (QED) is 0.215. The summed E-state index contributed by atoms with van der Waals surface area (Å²) in [5, 5.41) is 8.06. The first kappa shape index (κ1) is 38.3. The number of hydrogen-bond donors (Lipinski definition) is 4. The molecule has 4 N–H and O–H groups in total. The first-order valence-corrected chi connectivity index (χ1v) is 20.4. The van der Waals surface area contributed by atoms with Crippen LogP contribution in [0.3, 0.4) is 0 Å². The van der Waals surface area contributed by atoms with E-state index in [4.69, 9.17) is 9.47 Å². The topological polar surface area (TPSA) is 211 Å². The molecule has 0 radical (unpaired) electrons. The molecule has 5 aliphatic rings. The largest absolute Gasteiger partial charge is 0.454 e. The van der Waals surface area contributed by atoms with Crippen LogP contribution in [0, 0.1) is 17.3 Å². The van der Waals surface area contributed by atoms with Crippen molar-refractivity contribution >= 4 is 50.5 Å². The number of rotatable bonds is 13. The van der Waals surface area contributed by atoms with Gasteiger partial charge >= 0.3 is 0 Å². The number of hydrogen-bond acceptors (Lipinski definition) is 10. The highest BCUT2D eigenvalue weighted by Gasteiger charge is 2.62. The van der Waals surface area contributed by atoms with Crippen molar-refractivity contribution in [3.8, 4) is 11.5 Å². The lowest BCUT2D eigenvalue weighted by Gasteiger charge is -2.35. The number of aryl methyl sites for hydroxylation is 1. The molecule has 296 valence electrons. The number of likely N-dealkylation sites (tertiary alicyclic amines) is 1. The third-order valence-electron chi connectivity index (χ3n) is 11.2. The number of amides is 5. The second-order valence-electron chi connectivity index (χ2n) is 16.5. The Labute approximate surface area is 318 Å². The molecule has 16 nitrogen and oxygen atoms in total. The van der Waals surface area contributed by atoms with Crippen molar-refractivity contribution in [3.63, 3.8) is 0 Å². The fourth-order valence-electron chi connectivity index (χ4n) is 7.54. The van der Waals surface area contributed by atoms with Crippen LogP contribution in [0.2, 0.25) is 0 Å². The predicted octanol–water partition coefficient (Wildman–Crippen LogP) is 1.45. The summed E-state index contributed by atoms with van der Waals surface area (Å²) in [4.78, 5) is 84.2. The first-order valence-electron chi connectivity index (χ1n) is 18.8. The minimum atomic E-state index is -3.94. The number of aromatic nitrogens is 1. The highest BCUT2D eigenvalue weighted by atomic mass is 32.2. The fourth-order valence-corrected chi connectivity index (χ4v) is 8.90. The van der Waals surface area contributed by atoms with E-state index in [0.717, 1.165) is 12.8 Å². The molecule has 1 aromatic heterocycles. The maximum Gasteiger partial charge on any atom is 0.259 e. The minimum absolute atomic E-state index is 0.00479. The summed E-state index contributed by atoms with van der Waals surface area (Å²) < 4.78 is 40.2. The maximum atomic E-state index is 14.5. The number of carbonyl (C=O) groups is 5. The second-order valence-corrected chi connectivity index (χ2v) is 18.5. The molecule has 0 spiro atoms. The van der Waals surface area contributed by atoms with Crippen LogP contribution in [0.4, 0.5) is 0 Å². The Balaban J connectivity index is 1.17. The van der Waals surface area contributed by atoms with Crippen molar-refractivity contribution in [2.75, 3.05) is 13.3 Å². The standard InChI is InChI=1S/C38H48N6O10S/c1-6-21-16-38(21,36(50)42-55(51,52)23-10-11-23)41-34(48)27-13-22(17-44(27)35(49)32(37(3,4)5)40-30(45)12-20-8-9-20)39-33(47)25-18-43(7-2)26-15-29-28(53-19-54-29)14-24(26)31(25)46/h6,14-15,18,20-23,27,32H,1,7-13,16-17,19H2,2-5H3,(H,39,47)(H,40,45)(H,41,48)(H,42,50)/t21-,22+,27-,32+,38+/m0/s1. The molecule has 0 unspecified atom stereocenters. The van der Waals surface area contributed by atoms with Gasteiger partial charge in [-0.1, -0.05) is 26.8 Å². The monoisotopic (exact) mass is 780 g/mol. The molecule has 3 aliphatic carbocycles. The van der Waals surface area contributed by atoms with Crippen LogP contribution in [0.15, 0.2) is 35.8 Å². The molecule has 5 amide bonds. The van der Waals surface area contributed by atoms with E-state index < -0.39 is 79.3 Å². The van der Waals surface area contributed by atoms with Gasteiger partial charge in [-0.3, -0.25) is 33.5 Å². The minimum Gasteiger partial charge on any atom is -0.454 e. The van der Waals surface area contributed by atoms with Gasteiger partial charge in [-0.05, 0) is 62.8 Å². The van der Waals surface area contributed by atoms with Gasteiger partial charge in [-0.2, -0.15) is 0 Å². The molecule has 4 fully saturated rings. The Morgan fingerprint density at radius 2 is 1.76 bits per heavy atom. The zero-order valence-electron chi connectivity index (χ0n) is 31.4. The van der Waals surface area contributed by atoms with Gasteiger partial charge in [0.2, 0.25) is 40.0 Å². The van der Waals surface area contributed by atoms with Crippen LogP contribution < -0.4 is 35.6 Å². The number of benzene rings is 1. The summed E-state index contributed by atoms with van der Waals surface area (Å²) >= 11 is 0. The summed E-state index contributed by atoms with van der Waals surface area (Å²) in [7, 11) is -3.94. The lowest BCUT2D eigenvalue weighted by Crippen LogP contribution is -2.60. The summed E-state index contributed by atoms with van der Waals surface area (Å²) in [6.45, 7) is 11.3. The smallest absolute Gasteiger partial charge is 0.259 e. The van der Waals surface area contributed by atoms with E-state index in [0.29, 0.717) is 36.4 Å². The SMILES string of the molecule is C=C[C@H]1C[C@]1(NC(=O)[C@@H]1C[C@@H](NC(=O)c2cn(CC)c3cc4c(cc3c2=O)OCO4)CN1C(=O)[C@@H](NC(=O)CC1CC1)C(C)(C)C)C(=O)NS(=O)(=O)C1CC1. The van der Waals surface area contributed by atoms with Gasteiger partial charge in [0.15, 0.2) is 11.5 Å². The molecule has 3 heterocycles. The van der Waals surface area contributed by atoms with Gasteiger partial charge in [-0.15, -0.1) is 6.58 Å². The van der Waals surface area contributed by atoms with Crippen molar-refractivity contribution in [3.05, 3.63) is 46.8 Å². The zero-order chi connectivity index (χ0) is 39.6. The van der Waals surface area contributed by atoms with E-state index in [1.54, 1.807) is 37.5 Å². The van der Waals surface area contributed by atoms with Crippen molar-refractivity contribution in [2.45, 2.75) is 108 Å². The molecule has 2 aromatic rings. The third-order valence-corrected chi connectivity index (χ3v) is 13.0. The molecule has 2 aliphatic heterocycles. The Hall–Kier alpha value is -4.93. The number of carbonyl (C=O) groups excluding carboxylic acids is 5. The van der Waals surface area contributed by atoms with E-state index in [-0.39, 0.29) is 55.4 Å². The zero-order valence-corrected chi connectivity index (χ0v) is 32.3. The van der Waals surface area contributed by atoms with E-state index >= 15 is 0 Å². The third kappa shape index (κ3) is 7.54. The van der Waals surface area contributed by atoms with Crippen molar-refractivity contribution in [1.29, 1.82) is 0 Å². The van der Waals surface area contributed by atoms with E-state index in [9.17, 15) is 37.2 Å². The predicted molar refractivity (Wildman–Crippen MR) is 199 cm³/mol. The number of nitrogens with one attached hydrogen (secondary N) is 4. The van der Waals surface area contributed by atoms with E-state index in [1.165, 1.54) is 17.2 Å². The molecule has 7 rings (SSSR count). The fraction of sp³-hybridized carbons (Fsp3) is 0.579. The number of fused-ring (bicyclic) bond motifs is 2. The molecule has 1 aromatic carbocycles. The molecule has 1 saturated heterocycles.